The molecule has 2 unspecified atom stereocenters. The molecular weight excluding hydrogens is 276 g/mol. The van der Waals surface area contributed by atoms with E-state index in [0.717, 1.165) is 30.4 Å². The van der Waals surface area contributed by atoms with Gasteiger partial charge in [-0.1, -0.05) is 6.07 Å². The Morgan fingerprint density at radius 3 is 2.75 bits per heavy atom. The number of sulfonamides is 1. The van der Waals surface area contributed by atoms with Gasteiger partial charge in [0, 0.05) is 19.7 Å². The van der Waals surface area contributed by atoms with Crippen LogP contribution in [0.5, 0.6) is 0 Å². The van der Waals surface area contributed by atoms with Crippen molar-refractivity contribution in [1.29, 1.82) is 0 Å². The van der Waals surface area contributed by atoms with Gasteiger partial charge in [0.25, 0.3) is 0 Å². The van der Waals surface area contributed by atoms with Crippen molar-refractivity contribution in [2.45, 2.75) is 49.8 Å². The molecule has 0 saturated heterocycles. The van der Waals surface area contributed by atoms with E-state index in [1.165, 1.54) is 0 Å². The van der Waals surface area contributed by atoms with E-state index in [1.54, 1.807) is 25.3 Å². The van der Waals surface area contributed by atoms with Crippen molar-refractivity contribution in [3.8, 4) is 0 Å². The average molecular weight is 298 g/mol. The highest BCUT2D eigenvalue weighted by Gasteiger charge is 2.31. The van der Waals surface area contributed by atoms with E-state index in [9.17, 15) is 8.42 Å². The molecule has 0 heterocycles. The lowest BCUT2D eigenvalue weighted by Gasteiger charge is -2.20. The summed E-state index contributed by atoms with van der Waals surface area (Å²) in [5.74, 6) is 0. The highest BCUT2D eigenvalue weighted by molar-refractivity contribution is 7.89. The number of ether oxygens (including phenoxy) is 1. The van der Waals surface area contributed by atoms with Crippen LogP contribution in [0.2, 0.25) is 0 Å². The first-order valence-corrected chi connectivity index (χ1v) is 8.31. The Labute approximate surface area is 120 Å². The Bertz CT molecular complexity index is 572. The molecule has 1 aliphatic carbocycles. The van der Waals surface area contributed by atoms with E-state index in [-0.39, 0.29) is 17.0 Å². The molecule has 5 nitrogen and oxygen atoms in total. The SMILES string of the molecule is COC1CCCC1NS(=O)(=O)c1ccc(CN)c(C)c1. The minimum absolute atomic E-state index is 0.0332. The summed E-state index contributed by atoms with van der Waals surface area (Å²) in [6, 6.07) is 4.90. The van der Waals surface area contributed by atoms with E-state index in [1.807, 2.05) is 6.92 Å². The van der Waals surface area contributed by atoms with Crippen molar-refractivity contribution in [3.63, 3.8) is 0 Å². The molecule has 6 heteroatoms. The standard InChI is InChI=1S/C14H22N2O3S/c1-10-8-12(7-6-11(10)9-15)20(17,18)16-13-4-3-5-14(13)19-2/h6-8,13-14,16H,3-5,9,15H2,1-2H3. The normalized spacial score (nSPS) is 23.1. The molecule has 112 valence electrons. The highest BCUT2D eigenvalue weighted by atomic mass is 32.2. The third-order valence-corrected chi connectivity index (χ3v) is 5.39. The predicted octanol–water partition coefficient (Wildman–Crippen LogP) is 1.30. The van der Waals surface area contributed by atoms with Crippen LogP contribution in [0.3, 0.4) is 0 Å². The van der Waals surface area contributed by atoms with Crippen LogP contribution in [-0.4, -0.2) is 27.7 Å². The molecule has 3 N–H and O–H groups in total. The van der Waals surface area contributed by atoms with Gasteiger partial charge in [0.15, 0.2) is 0 Å². The second-order valence-electron chi connectivity index (χ2n) is 5.23. The summed E-state index contributed by atoms with van der Waals surface area (Å²) < 4.78 is 32.9. The molecule has 0 aliphatic heterocycles. The molecule has 0 bridgehead atoms. The van der Waals surface area contributed by atoms with E-state index < -0.39 is 10.0 Å². The minimum Gasteiger partial charge on any atom is -0.380 e. The van der Waals surface area contributed by atoms with Gasteiger partial charge < -0.3 is 10.5 Å². The van der Waals surface area contributed by atoms with Crippen molar-refractivity contribution in [2.24, 2.45) is 5.73 Å². The summed E-state index contributed by atoms with van der Waals surface area (Å²) in [7, 11) is -1.88. The van der Waals surface area contributed by atoms with Crippen LogP contribution in [0.15, 0.2) is 23.1 Å². The Kier molecular flexibility index (Phi) is 4.80. The summed E-state index contributed by atoms with van der Waals surface area (Å²) in [5, 5.41) is 0. The number of nitrogens with one attached hydrogen (secondary N) is 1. The molecule has 1 aliphatic rings. The molecular formula is C14H22N2O3S. The van der Waals surface area contributed by atoms with Crippen LogP contribution in [0.4, 0.5) is 0 Å². The molecule has 0 radical (unpaired) electrons. The summed E-state index contributed by atoms with van der Waals surface area (Å²) in [6.07, 6.45) is 2.66. The Morgan fingerprint density at radius 1 is 1.40 bits per heavy atom. The van der Waals surface area contributed by atoms with Crippen LogP contribution >= 0.6 is 0 Å². The number of aryl methyl sites for hydroxylation is 1. The third kappa shape index (κ3) is 3.20. The number of nitrogens with two attached hydrogens (primary N) is 1. The molecule has 0 spiro atoms. The second kappa shape index (κ2) is 6.22. The molecule has 1 saturated carbocycles. The summed E-state index contributed by atoms with van der Waals surface area (Å²) >= 11 is 0. The first kappa shape index (κ1) is 15.4. The lowest BCUT2D eigenvalue weighted by molar-refractivity contribution is 0.0916. The molecule has 1 fully saturated rings. The number of hydrogen-bond donors (Lipinski definition) is 2. The van der Waals surface area contributed by atoms with E-state index in [2.05, 4.69) is 4.72 Å². The summed E-state index contributed by atoms with van der Waals surface area (Å²) in [6.45, 7) is 2.28. The van der Waals surface area contributed by atoms with Gasteiger partial charge in [-0.15, -0.1) is 0 Å². The number of methoxy groups -OCH3 is 1. The fourth-order valence-corrected chi connectivity index (χ4v) is 4.06. The minimum atomic E-state index is -3.51. The van der Waals surface area contributed by atoms with E-state index in [4.69, 9.17) is 10.5 Å². The van der Waals surface area contributed by atoms with Gasteiger partial charge >= 0.3 is 0 Å². The maximum absolute atomic E-state index is 12.4. The maximum atomic E-state index is 12.4. The van der Waals surface area contributed by atoms with Crippen molar-refractivity contribution in [3.05, 3.63) is 29.3 Å². The van der Waals surface area contributed by atoms with Crippen molar-refractivity contribution < 1.29 is 13.2 Å². The van der Waals surface area contributed by atoms with Crippen LogP contribution in [0.25, 0.3) is 0 Å². The third-order valence-electron chi connectivity index (χ3n) is 3.91. The molecule has 2 rings (SSSR count). The number of rotatable bonds is 5. The monoisotopic (exact) mass is 298 g/mol. The van der Waals surface area contributed by atoms with Gasteiger partial charge in [0.05, 0.1) is 11.0 Å². The molecule has 0 aromatic heterocycles. The first-order valence-electron chi connectivity index (χ1n) is 6.82. The topological polar surface area (TPSA) is 81.4 Å². The van der Waals surface area contributed by atoms with Gasteiger partial charge in [0.1, 0.15) is 0 Å². The predicted molar refractivity (Wildman–Crippen MR) is 77.8 cm³/mol. The first-order chi connectivity index (χ1) is 9.47. The summed E-state index contributed by atoms with van der Waals surface area (Å²) in [5.41, 5.74) is 7.45. The quantitative estimate of drug-likeness (QED) is 0.858. The fourth-order valence-electron chi connectivity index (χ4n) is 2.67. The average Bonchev–Trinajstić information content (AvgIpc) is 2.85. The summed E-state index contributed by atoms with van der Waals surface area (Å²) in [4.78, 5) is 0.286. The van der Waals surface area contributed by atoms with Gasteiger partial charge in [-0.05, 0) is 49.4 Å². The van der Waals surface area contributed by atoms with Gasteiger partial charge in [0.2, 0.25) is 10.0 Å². The maximum Gasteiger partial charge on any atom is 0.240 e. The molecule has 0 amide bonds. The molecule has 2 atom stereocenters. The van der Waals surface area contributed by atoms with Gasteiger partial charge in [-0.3, -0.25) is 0 Å². The molecule has 20 heavy (non-hydrogen) atoms. The zero-order valence-electron chi connectivity index (χ0n) is 11.9. The lowest BCUT2D eigenvalue weighted by atomic mass is 10.1. The second-order valence-corrected chi connectivity index (χ2v) is 6.94. The van der Waals surface area contributed by atoms with Crippen molar-refractivity contribution in [1.82, 2.24) is 4.72 Å². The highest BCUT2D eigenvalue weighted by Crippen LogP contribution is 2.24. The zero-order chi connectivity index (χ0) is 14.8. The largest absolute Gasteiger partial charge is 0.380 e. The van der Waals surface area contributed by atoms with Crippen molar-refractivity contribution >= 4 is 10.0 Å². The van der Waals surface area contributed by atoms with E-state index >= 15 is 0 Å². The Hall–Kier alpha value is -0.950. The van der Waals surface area contributed by atoms with Crippen LogP contribution < -0.4 is 10.5 Å². The van der Waals surface area contributed by atoms with Gasteiger partial charge in [-0.25, -0.2) is 13.1 Å². The Morgan fingerprint density at radius 2 is 2.15 bits per heavy atom. The smallest absolute Gasteiger partial charge is 0.240 e. The fraction of sp³-hybridized carbons (Fsp3) is 0.571. The number of hydrogen-bond acceptors (Lipinski definition) is 4. The molecule has 1 aromatic rings. The van der Waals surface area contributed by atoms with Crippen molar-refractivity contribution in [2.75, 3.05) is 7.11 Å². The van der Waals surface area contributed by atoms with Gasteiger partial charge in [-0.2, -0.15) is 0 Å². The van der Waals surface area contributed by atoms with E-state index in [0.29, 0.717) is 6.54 Å². The number of benzene rings is 1. The van der Waals surface area contributed by atoms with Crippen LogP contribution in [0.1, 0.15) is 30.4 Å². The lowest BCUT2D eigenvalue weighted by Crippen LogP contribution is -2.40. The molecule has 1 aromatic carbocycles. The van der Waals surface area contributed by atoms with Crippen LogP contribution in [0, 0.1) is 6.92 Å². The zero-order valence-corrected chi connectivity index (χ0v) is 12.7. The Balaban J connectivity index is 2.20. The van der Waals surface area contributed by atoms with Crippen LogP contribution in [-0.2, 0) is 21.3 Å².